The molecule has 0 fully saturated rings. The van der Waals surface area contributed by atoms with E-state index >= 15 is 0 Å². The Morgan fingerprint density at radius 2 is 1.92 bits per heavy atom. The fourth-order valence-electron chi connectivity index (χ4n) is 2.39. The molecule has 0 atom stereocenters. The maximum absolute atomic E-state index is 12.2. The number of amides is 1. The zero-order valence-electron chi connectivity index (χ0n) is 14.3. The number of nitrogens with one attached hydrogen (secondary N) is 1. The Balaban J connectivity index is 1.59. The molecular weight excluding hydrogens is 348 g/mol. The van der Waals surface area contributed by atoms with E-state index in [1.54, 1.807) is 11.8 Å². The van der Waals surface area contributed by atoms with Gasteiger partial charge in [-0.1, -0.05) is 49.4 Å². The largest absolute Gasteiger partial charge is 0.301 e. The molecule has 0 unspecified atom stereocenters. The van der Waals surface area contributed by atoms with Crippen LogP contribution in [0.4, 0.5) is 5.13 Å². The number of carbonyl (C=O) groups is 1. The Kier molecular flexibility index (Phi) is 5.89. The van der Waals surface area contributed by atoms with Gasteiger partial charge in [-0.3, -0.25) is 4.79 Å². The second kappa shape index (κ2) is 8.32. The molecule has 0 radical (unpaired) electrons. The first kappa shape index (κ1) is 17.7. The molecule has 0 aliphatic heterocycles. The average Bonchev–Trinajstić information content (AvgIpc) is 3.09. The van der Waals surface area contributed by atoms with E-state index < -0.39 is 0 Å². The monoisotopic (exact) mass is 368 g/mol. The Morgan fingerprint density at radius 3 is 2.64 bits per heavy atom. The molecule has 0 saturated heterocycles. The van der Waals surface area contributed by atoms with Gasteiger partial charge in [-0.15, -0.1) is 23.1 Å². The second-order valence-electron chi connectivity index (χ2n) is 5.69. The summed E-state index contributed by atoms with van der Waals surface area (Å²) in [5.41, 5.74) is 4.46. The van der Waals surface area contributed by atoms with Gasteiger partial charge in [0, 0.05) is 15.8 Å². The van der Waals surface area contributed by atoms with Crippen molar-refractivity contribution in [2.75, 3.05) is 11.1 Å². The summed E-state index contributed by atoms with van der Waals surface area (Å²) in [4.78, 5) is 17.8. The molecular formula is C20H20N2OS2. The minimum Gasteiger partial charge on any atom is -0.301 e. The van der Waals surface area contributed by atoms with Crippen molar-refractivity contribution in [2.24, 2.45) is 0 Å². The Labute approximate surface area is 156 Å². The molecule has 1 aromatic heterocycles. The molecule has 3 rings (SSSR count). The lowest BCUT2D eigenvalue weighted by Crippen LogP contribution is -2.13. The molecule has 0 bridgehead atoms. The van der Waals surface area contributed by atoms with Crippen molar-refractivity contribution in [3.05, 3.63) is 65.0 Å². The van der Waals surface area contributed by atoms with E-state index in [-0.39, 0.29) is 5.91 Å². The molecule has 5 heteroatoms. The number of aryl methyl sites for hydroxylation is 2. The summed E-state index contributed by atoms with van der Waals surface area (Å²) >= 11 is 3.00. The molecule has 3 nitrogen and oxygen atoms in total. The zero-order chi connectivity index (χ0) is 17.6. The highest BCUT2D eigenvalue weighted by molar-refractivity contribution is 8.00. The molecule has 1 amide bonds. The highest BCUT2D eigenvalue weighted by atomic mass is 32.2. The minimum atomic E-state index is -0.0320. The fourth-order valence-corrected chi connectivity index (χ4v) is 3.96. The molecule has 3 aromatic rings. The molecule has 1 N–H and O–H groups in total. The van der Waals surface area contributed by atoms with Crippen molar-refractivity contribution >= 4 is 34.1 Å². The van der Waals surface area contributed by atoms with Crippen LogP contribution in [-0.4, -0.2) is 16.6 Å². The SMILES string of the molecule is CCc1ccc(-c2csc(NC(=O)CSc3ccccc3C)n2)cc1. The summed E-state index contributed by atoms with van der Waals surface area (Å²) in [6, 6.07) is 16.5. The Hall–Kier alpha value is -2.11. The number of hydrogen-bond acceptors (Lipinski definition) is 4. The maximum Gasteiger partial charge on any atom is 0.236 e. The smallest absolute Gasteiger partial charge is 0.236 e. The highest BCUT2D eigenvalue weighted by Gasteiger charge is 2.09. The van der Waals surface area contributed by atoms with Gasteiger partial charge in [0.1, 0.15) is 0 Å². The molecule has 25 heavy (non-hydrogen) atoms. The predicted molar refractivity (Wildman–Crippen MR) is 107 cm³/mol. The number of aromatic nitrogens is 1. The first-order chi connectivity index (χ1) is 12.2. The van der Waals surface area contributed by atoms with Gasteiger partial charge in [0.05, 0.1) is 11.4 Å². The first-order valence-corrected chi connectivity index (χ1v) is 10.1. The van der Waals surface area contributed by atoms with E-state index in [2.05, 4.69) is 54.5 Å². The molecule has 128 valence electrons. The average molecular weight is 369 g/mol. The number of anilines is 1. The van der Waals surface area contributed by atoms with Gasteiger partial charge in [-0.2, -0.15) is 0 Å². The summed E-state index contributed by atoms with van der Waals surface area (Å²) in [6.07, 6.45) is 1.03. The molecule has 2 aromatic carbocycles. The number of carbonyl (C=O) groups excluding carboxylic acids is 1. The zero-order valence-corrected chi connectivity index (χ0v) is 15.9. The highest BCUT2D eigenvalue weighted by Crippen LogP contribution is 2.26. The van der Waals surface area contributed by atoms with Gasteiger partial charge >= 0.3 is 0 Å². The van der Waals surface area contributed by atoms with Crippen LogP contribution in [0.5, 0.6) is 0 Å². The molecule has 0 saturated carbocycles. The van der Waals surface area contributed by atoms with Crippen LogP contribution in [0.2, 0.25) is 0 Å². The summed E-state index contributed by atoms with van der Waals surface area (Å²) < 4.78 is 0. The minimum absolute atomic E-state index is 0.0320. The number of benzene rings is 2. The first-order valence-electron chi connectivity index (χ1n) is 8.19. The third kappa shape index (κ3) is 4.71. The van der Waals surface area contributed by atoms with Crippen molar-refractivity contribution in [1.82, 2.24) is 4.98 Å². The van der Waals surface area contributed by atoms with Crippen molar-refractivity contribution in [3.8, 4) is 11.3 Å². The van der Waals surface area contributed by atoms with Crippen LogP contribution < -0.4 is 5.32 Å². The lowest BCUT2D eigenvalue weighted by Gasteiger charge is -2.05. The second-order valence-corrected chi connectivity index (χ2v) is 7.57. The lowest BCUT2D eigenvalue weighted by atomic mass is 10.1. The van der Waals surface area contributed by atoms with Gasteiger partial charge < -0.3 is 5.32 Å². The van der Waals surface area contributed by atoms with Crippen LogP contribution in [0.1, 0.15) is 18.1 Å². The van der Waals surface area contributed by atoms with Crippen LogP contribution in [0.3, 0.4) is 0 Å². The summed E-state index contributed by atoms with van der Waals surface area (Å²) in [6.45, 7) is 4.19. The van der Waals surface area contributed by atoms with Crippen LogP contribution in [0, 0.1) is 6.92 Å². The van der Waals surface area contributed by atoms with Gasteiger partial charge in [0.25, 0.3) is 0 Å². The van der Waals surface area contributed by atoms with E-state index in [0.717, 1.165) is 22.6 Å². The number of rotatable bonds is 6. The van der Waals surface area contributed by atoms with Crippen molar-refractivity contribution in [2.45, 2.75) is 25.2 Å². The summed E-state index contributed by atoms with van der Waals surface area (Å²) in [7, 11) is 0. The topological polar surface area (TPSA) is 42.0 Å². The quantitative estimate of drug-likeness (QED) is 0.591. The third-order valence-electron chi connectivity index (χ3n) is 3.86. The lowest BCUT2D eigenvalue weighted by molar-refractivity contribution is -0.113. The van der Waals surface area contributed by atoms with Crippen molar-refractivity contribution in [3.63, 3.8) is 0 Å². The third-order valence-corrected chi connectivity index (χ3v) is 5.79. The Morgan fingerprint density at radius 1 is 1.16 bits per heavy atom. The standard InChI is InChI=1S/C20H20N2OS2/c1-3-15-8-10-16(11-9-15)17-12-25-20(21-17)22-19(23)13-24-18-7-5-4-6-14(18)2/h4-12H,3,13H2,1-2H3,(H,21,22,23). The predicted octanol–water partition coefficient (Wildman–Crippen LogP) is 5.41. The van der Waals surface area contributed by atoms with Crippen LogP contribution in [0.15, 0.2) is 58.8 Å². The van der Waals surface area contributed by atoms with Crippen LogP contribution in [-0.2, 0) is 11.2 Å². The molecule has 0 aliphatic carbocycles. The van der Waals surface area contributed by atoms with Crippen LogP contribution >= 0.6 is 23.1 Å². The molecule has 0 spiro atoms. The van der Waals surface area contributed by atoms with Gasteiger partial charge in [-0.25, -0.2) is 4.98 Å². The van der Waals surface area contributed by atoms with E-state index in [4.69, 9.17) is 0 Å². The van der Waals surface area contributed by atoms with Crippen molar-refractivity contribution < 1.29 is 4.79 Å². The van der Waals surface area contributed by atoms with Gasteiger partial charge in [-0.05, 0) is 30.5 Å². The maximum atomic E-state index is 12.2. The number of hydrogen-bond donors (Lipinski definition) is 1. The van der Waals surface area contributed by atoms with E-state index in [1.807, 2.05) is 23.6 Å². The van der Waals surface area contributed by atoms with E-state index in [0.29, 0.717) is 10.9 Å². The van der Waals surface area contributed by atoms with Gasteiger partial charge in [0.2, 0.25) is 5.91 Å². The number of thioether (sulfide) groups is 1. The summed E-state index contributed by atoms with van der Waals surface area (Å²) in [5, 5.41) is 5.51. The fraction of sp³-hybridized carbons (Fsp3) is 0.200. The number of thiazole rings is 1. The van der Waals surface area contributed by atoms with E-state index in [1.165, 1.54) is 22.5 Å². The van der Waals surface area contributed by atoms with Crippen LogP contribution in [0.25, 0.3) is 11.3 Å². The molecule has 1 heterocycles. The Bertz CT molecular complexity index is 856. The molecule has 0 aliphatic rings. The summed E-state index contributed by atoms with van der Waals surface area (Å²) in [5.74, 6) is 0.348. The van der Waals surface area contributed by atoms with Crippen molar-refractivity contribution in [1.29, 1.82) is 0 Å². The van der Waals surface area contributed by atoms with Gasteiger partial charge in [0.15, 0.2) is 5.13 Å². The normalized spacial score (nSPS) is 10.6. The number of nitrogens with zero attached hydrogens (tertiary/aromatic N) is 1. The van der Waals surface area contributed by atoms with E-state index in [9.17, 15) is 4.79 Å².